The Morgan fingerprint density at radius 2 is 1.85 bits per heavy atom. The number of carbonyl (C=O) groups is 2. The van der Waals surface area contributed by atoms with Gasteiger partial charge in [-0.2, -0.15) is 0 Å². The van der Waals surface area contributed by atoms with Crippen LogP contribution in [0.1, 0.15) is 11.1 Å². The van der Waals surface area contributed by atoms with E-state index in [0.29, 0.717) is 42.9 Å². The Hall–Kier alpha value is -2.94. The number of carbonyl (C=O) groups excluding carboxylic acids is 2. The molecule has 3 aromatic rings. The summed E-state index contributed by atoms with van der Waals surface area (Å²) >= 11 is 10.9. The van der Waals surface area contributed by atoms with E-state index >= 15 is 0 Å². The molecule has 166 valence electrons. The molecule has 6 nitrogen and oxygen atoms in total. The average Bonchev–Trinajstić information content (AvgIpc) is 3.37. The van der Waals surface area contributed by atoms with Crippen molar-refractivity contribution >= 4 is 62.2 Å². The molecule has 0 aromatic heterocycles. The van der Waals surface area contributed by atoms with Crippen LogP contribution >= 0.6 is 39.3 Å². The molecule has 9 heteroatoms. The topological polar surface area (TPSA) is 65.1 Å². The molecule has 0 N–H and O–H groups in total. The Labute approximate surface area is 207 Å². The highest BCUT2D eigenvalue weighted by Crippen LogP contribution is 2.39. The van der Waals surface area contributed by atoms with Gasteiger partial charge in [-0.3, -0.25) is 9.59 Å². The molecule has 2 aliphatic rings. The van der Waals surface area contributed by atoms with E-state index in [-0.39, 0.29) is 24.5 Å². The smallest absolute Gasteiger partial charge is 0.298 e. The Kier molecular flexibility index (Phi) is 6.05. The summed E-state index contributed by atoms with van der Waals surface area (Å²) < 4.78 is 17.3. The maximum absolute atomic E-state index is 12.8. The molecular formula is C24H15BrClNO5S. The van der Waals surface area contributed by atoms with E-state index in [1.165, 1.54) is 0 Å². The van der Waals surface area contributed by atoms with E-state index in [1.807, 2.05) is 24.3 Å². The second-order valence-electron chi connectivity index (χ2n) is 7.14. The van der Waals surface area contributed by atoms with Gasteiger partial charge in [-0.1, -0.05) is 35.9 Å². The van der Waals surface area contributed by atoms with E-state index in [0.717, 1.165) is 22.2 Å². The van der Waals surface area contributed by atoms with Crippen molar-refractivity contribution in [3.63, 3.8) is 0 Å². The minimum atomic E-state index is -0.369. The van der Waals surface area contributed by atoms with E-state index in [9.17, 15) is 9.59 Å². The van der Waals surface area contributed by atoms with Crippen LogP contribution in [0.15, 0.2) is 70.0 Å². The second kappa shape index (κ2) is 9.13. The molecule has 33 heavy (non-hydrogen) atoms. The van der Waals surface area contributed by atoms with Crippen LogP contribution in [0.2, 0.25) is 5.02 Å². The molecule has 1 saturated heterocycles. The van der Waals surface area contributed by atoms with Gasteiger partial charge in [0.15, 0.2) is 17.2 Å². The number of para-hydroxylation sites is 1. The van der Waals surface area contributed by atoms with Crippen LogP contribution in [0.4, 0.5) is 10.5 Å². The highest BCUT2D eigenvalue weighted by molar-refractivity contribution is 9.10. The lowest BCUT2D eigenvalue weighted by Crippen LogP contribution is -2.27. The van der Waals surface area contributed by atoms with Gasteiger partial charge in [-0.15, -0.1) is 0 Å². The van der Waals surface area contributed by atoms with Crippen LogP contribution in [0, 0.1) is 0 Å². The maximum atomic E-state index is 12.8. The van der Waals surface area contributed by atoms with Crippen LogP contribution in [0.5, 0.6) is 17.2 Å². The maximum Gasteiger partial charge on any atom is 0.298 e. The summed E-state index contributed by atoms with van der Waals surface area (Å²) in [6.07, 6.45) is 1.64. The molecular weight excluding hydrogens is 530 g/mol. The van der Waals surface area contributed by atoms with Crippen molar-refractivity contribution in [2.75, 3.05) is 11.7 Å². The summed E-state index contributed by atoms with van der Waals surface area (Å²) in [5.74, 6) is 1.50. The van der Waals surface area contributed by atoms with Crippen LogP contribution < -0.4 is 19.1 Å². The third kappa shape index (κ3) is 4.46. The lowest BCUT2D eigenvalue weighted by molar-refractivity contribution is -0.113. The predicted molar refractivity (Wildman–Crippen MR) is 131 cm³/mol. The minimum absolute atomic E-state index is 0.212. The molecule has 5 rings (SSSR count). The van der Waals surface area contributed by atoms with Gasteiger partial charge in [0, 0.05) is 0 Å². The summed E-state index contributed by atoms with van der Waals surface area (Å²) in [7, 11) is 0. The number of hydrogen-bond donors (Lipinski definition) is 0. The zero-order chi connectivity index (χ0) is 22.9. The van der Waals surface area contributed by atoms with E-state index in [2.05, 4.69) is 15.9 Å². The molecule has 0 aliphatic carbocycles. The molecule has 0 saturated carbocycles. The van der Waals surface area contributed by atoms with Gasteiger partial charge in [-0.25, -0.2) is 4.90 Å². The van der Waals surface area contributed by atoms with Crippen molar-refractivity contribution in [3.8, 4) is 17.2 Å². The molecule has 1 fully saturated rings. The van der Waals surface area contributed by atoms with E-state index < -0.39 is 0 Å². The zero-order valence-corrected chi connectivity index (χ0v) is 20.1. The largest absolute Gasteiger partial charge is 0.486 e. The molecule has 2 aliphatic heterocycles. The first-order valence-electron chi connectivity index (χ1n) is 9.83. The summed E-state index contributed by atoms with van der Waals surface area (Å²) in [4.78, 5) is 26.7. The Bertz CT molecular complexity index is 1270. The number of anilines is 1. The van der Waals surface area contributed by atoms with Crippen molar-refractivity contribution in [1.29, 1.82) is 0 Å². The van der Waals surface area contributed by atoms with Crippen molar-refractivity contribution in [2.24, 2.45) is 0 Å². The Balaban J connectivity index is 1.34. The van der Waals surface area contributed by atoms with Gasteiger partial charge in [0.05, 0.1) is 20.1 Å². The van der Waals surface area contributed by atoms with Crippen LogP contribution in [0.25, 0.3) is 6.08 Å². The Morgan fingerprint density at radius 1 is 1.06 bits per heavy atom. The first-order valence-corrected chi connectivity index (χ1v) is 11.8. The molecule has 2 heterocycles. The van der Waals surface area contributed by atoms with Crippen LogP contribution in [-0.4, -0.2) is 17.9 Å². The highest BCUT2D eigenvalue weighted by Gasteiger charge is 2.36. The number of ether oxygens (including phenoxy) is 3. The summed E-state index contributed by atoms with van der Waals surface area (Å²) in [5.41, 5.74) is 2.11. The number of amides is 2. The fourth-order valence-corrected chi connectivity index (χ4v) is 5.24. The lowest BCUT2D eigenvalue weighted by atomic mass is 10.2. The second-order valence-corrected chi connectivity index (χ2v) is 9.40. The van der Waals surface area contributed by atoms with Crippen molar-refractivity contribution in [1.82, 2.24) is 0 Å². The van der Waals surface area contributed by atoms with Gasteiger partial charge in [-0.05, 0) is 81.3 Å². The summed E-state index contributed by atoms with van der Waals surface area (Å²) in [6, 6.07) is 17.9. The first kappa shape index (κ1) is 21.9. The number of imide groups is 1. The molecule has 0 atom stereocenters. The number of fused-ring (bicyclic) bond motifs is 1. The monoisotopic (exact) mass is 543 g/mol. The van der Waals surface area contributed by atoms with Crippen molar-refractivity contribution in [2.45, 2.75) is 6.61 Å². The first-order chi connectivity index (χ1) is 16.0. The fourth-order valence-electron chi connectivity index (χ4n) is 3.41. The standard InChI is InChI=1S/C24H15BrClNO5S/c25-17-8-15(11-21-23(28)27(24(29)33-21)16-4-2-1-3-5-16)9-18(26)22(17)30-12-14-6-7-19-20(10-14)32-13-31-19/h1-11H,12-13H2/b21-11-. The molecule has 0 spiro atoms. The van der Waals surface area contributed by atoms with E-state index in [4.69, 9.17) is 25.8 Å². The number of benzene rings is 3. The number of halogens is 2. The number of hydrogen-bond acceptors (Lipinski definition) is 6. The zero-order valence-electron chi connectivity index (χ0n) is 16.9. The third-order valence-corrected chi connectivity index (χ3v) is 6.69. The van der Waals surface area contributed by atoms with Gasteiger partial charge in [0.25, 0.3) is 11.1 Å². The van der Waals surface area contributed by atoms with Crippen LogP contribution in [-0.2, 0) is 11.4 Å². The predicted octanol–water partition coefficient (Wildman–Crippen LogP) is 6.65. The van der Waals surface area contributed by atoms with Crippen LogP contribution in [0.3, 0.4) is 0 Å². The molecule has 2 amide bonds. The van der Waals surface area contributed by atoms with E-state index in [1.54, 1.807) is 42.5 Å². The summed E-state index contributed by atoms with van der Waals surface area (Å²) in [6.45, 7) is 0.494. The normalized spacial score (nSPS) is 16.1. The SMILES string of the molecule is O=C1S/C(=C\c2cc(Cl)c(OCc3ccc4c(c3)OCO4)c(Br)c2)C(=O)N1c1ccccc1. The van der Waals surface area contributed by atoms with Crippen molar-refractivity contribution < 1.29 is 23.8 Å². The van der Waals surface area contributed by atoms with Crippen molar-refractivity contribution in [3.05, 3.63) is 86.2 Å². The molecule has 0 bridgehead atoms. The van der Waals surface area contributed by atoms with Gasteiger partial charge >= 0.3 is 0 Å². The molecule has 3 aromatic carbocycles. The average molecular weight is 545 g/mol. The highest BCUT2D eigenvalue weighted by atomic mass is 79.9. The lowest BCUT2D eigenvalue weighted by Gasteiger charge is -2.12. The number of rotatable bonds is 5. The number of thioether (sulfide) groups is 1. The Morgan fingerprint density at radius 3 is 2.64 bits per heavy atom. The fraction of sp³-hybridized carbons (Fsp3) is 0.0833. The molecule has 0 radical (unpaired) electrons. The van der Waals surface area contributed by atoms with Gasteiger partial charge < -0.3 is 14.2 Å². The third-order valence-electron chi connectivity index (χ3n) is 4.95. The summed E-state index contributed by atoms with van der Waals surface area (Å²) in [5, 5.41) is 0.0324. The van der Waals surface area contributed by atoms with Gasteiger partial charge in [0.1, 0.15) is 6.61 Å². The number of nitrogens with zero attached hydrogens (tertiary/aromatic N) is 1. The quantitative estimate of drug-likeness (QED) is 0.335. The molecule has 0 unspecified atom stereocenters. The minimum Gasteiger partial charge on any atom is -0.486 e. The van der Waals surface area contributed by atoms with Gasteiger partial charge in [0.2, 0.25) is 6.79 Å².